The van der Waals surface area contributed by atoms with E-state index in [-0.39, 0.29) is 23.1 Å². The van der Waals surface area contributed by atoms with Crippen LogP contribution >= 0.6 is 11.6 Å². The molecule has 0 fully saturated rings. The minimum absolute atomic E-state index is 0.0103. The van der Waals surface area contributed by atoms with Gasteiger partial charge in [-0.25, -0.2) is 13.1 Å². The second-order valence-corrected chi connectivity index (χ2v) is 6.78. The first-order valence-electron chi connectivity index (χ1n) is 6.15. The van der Waals surface area contributed by atoms with Crippen LogP contribution in [0.25, 0.3) is 0 Å². The van der Waals surface area contributed by atoms with Crippen molar-refractivity contribution < 1.29 is 18.0 Å². The lowest BCUT2D eigenvalue weighted by molar-refractivity contribution is 0.280. The number of aliphatic hydroxyl groups excluding tert-OH is 1. The zero-order valence-corrected chi connectivity index (χ0v) is 13.1. The van der Waals surface area contributed by atoms with Gasteiger partial charge in [-0.15, -0.1) is 0 Å². The molecule has 0 aliphatic rings. The highest BCUT2D eigenvalue weighted by molar-refractivity contribution is 7.89. The molecule has 0 bridgehead atoms. The van der Waals surface area contributed by atoms with Crippen molar-refractivity contribution in [3.63, 3.8) is 0 Å². The first-order valence-corrected chi connectivity index (χ1v) is 8.01. The molecule has 1 heterocycles. The summed E-state index contributed by atoms with van der Waals surface area (Å²) >= 11 is 5.90. The van der Waals surface area contributed by atoms with Crippen molar-refractivity contribution in [2.75, 3.05) is 0 Å². The minimum Gasteiger partial charge on any atom is -0.392 e. The maximum atomic E-state index is 12.3. The Morgan fingerprint density at radius 2 is 2.05 bits per heavy atom. The smallest absolute Gasteiger partial charge is 0.241 e. The fourth-order valence-corrected chi connectivity index (χ4v) is 3.50. The molecule has 0 atom stereocenters. The molecular weight excluding hydrogens is 316 g/mol. The lowest BCUT2D eigenvalue weighted by Crippen LogP contribution is -2.24. The van der Waals surface area contributed by atoms with Gasteiger partial charge in [0.05, 0.1) is 23.7 Å². The Labute approximate surface area is 127 Å². The first-order chi connectivity index (χ1) is 9.83. The Kier molecular flexibility index (Phi) is 4.67. The Morgan fingerprint density at radius 1 is 1.33 bits per heavy atom. The molecule has 0 saturated heterocycles. The standard InChI is InChI=1S/C13H15ClN2O4S/c1-8-3-12(20-16-8)6-15-21(18,19)13-5-11(14)4-10(7-17)9(13)2/h3-5,15,17H,6-7H2,1-2H3. The lowest BCUT2D eigenvalue weighted by Gasteiger charge is -2.12. The third kappa shape index (κ3) is 3.62. The molecular formula is C13H15ClN2O4S. The number of halogens is 1. The number of hydrogen-bond acceptors (Lipinski definition) is 5. The summed E-state index contributed by atoms with van der Waals surface area (Å²) in [4.78, 5) is 0.0373. The fraction of sp³-hybridized carbons (Fsp3) is 0.308. The third-order valence-corrected chi connectivity index (χ3v) is 4.75. The predicted octanol–water partition coefficient (Wildman–Crippen LogP) is 1.92. The number of aryl methyl sites for hydroxylation is 1. The quantitative estimate of drug-likeness (QED) is 0.873. The number of rotatable bonds is 5. The average Bonchev–Trinajstić information content (AvgIpc) is 2.84. The molecule has 0 spiro atoms. The van der Waals surface area contributed by atoms with E-state index in [1.165, 1.54) is 12.1 Å². The third-order valence-electron chi connectivity index (χ3n) is 3.01. The predicted molar refractivity (Wildman–Crippen MR) is 77.4 cm³/mol. The van der Waals surface area contributed by atoms with Gasteiger partial charge >= 0.3 is 0 Å². The summed E-state index contributed by atoms with van der Waals surface area (Å²) in [5, 5.41) is 13.2. The summed E-state index contributed by atoms with van der Waals surface area (Å²) in [7, 11) is -3.77. The van der Waals surface area contributed by atoms with Crippen LogP contribution in [-0.2, 0) is 23.2 Å². The fourth-order valence-electron chi connectivity index (χ4n) is 1.89. The van der Waals surface area contributed by atoms with E-state index >= 15 is 0 Å². The van der Waals surface area contributed by atoms with Gasteiger partial charge in [0.2, 0.25) is 10.0 Å². The largest absolute Gasteiger partial charge is 0.392 e. The van der Waals surface area contributed by atoms with Crippen molar-refractivity contribution in [3.05, 3.63) is 45.8 Å². The van der Waals surface area contributed by atoms with Gasteiger partial charge in [-0.3, -0.25) is 0 Å². The average molecular weight is 331 g/mol. The zero-order valence-electron chi connectivity index (χ0n) is 11.6. The number of nitrogens with zero attached hydrogens (tertiary/aromatic N) is 1. The second kappa shape index (κ2) is 6.15. The SMILES string of the molecule is Cc1cc(CNS(=O)(=O)c2cc(Cl)cc(CO)c2C)on1. The number of sulfonamides is 1. The molecule has 1 aromatic carbocycles. The Hall–Kier alpha value is -1.41. The van der Waals surface area contributed by atoms with E-state index in [4.69, 9.17) is 16.1 Å². The minimum atomic E-state index is -3.77. The van der Waals surface area contributed by atoms with Crippen LogP contribution in [0.3, 0.4) is 0 Å². The summed E-state index contributed by atoms with van der Waals surface area (Å²) in [6.07, 6.45) is 0. The molecule has 0 aliphatic carbocycles. The van der Waals surface area contributed by atoms with Crippen molar-refractivity contribution in [1.82, 2.24) is 9.88 Å². The summed E-state index contributed by atoms with van der Waals surface area (Å²) in [5.74, 6) is 0.415. The van der Waals surface area contributed by atoms with Crippen molar-refractivity contribution in [2.45, 2.75) is 31.9 Å². The van der Waals surface area contributed by atoms with E-state index in [9.17, 15) is 13.5 Å². The lowest BCUT2D eigenvalue weighted by atomic mass is 10.1. The van der Waals surface area contributed by atoms with Crippen molar-refractivity contribution in [1.29, 1.82) is 0 Å². The van der Waals surface area contributed by atoms with Crippen LogP contribution in [0.15, 0.2) is 27.6 Å². The van der Waals surface area contributed by atoms with E-state index in [0.717, 1.165) is 0 Å². The molecule has 0 aliphatic heterocycles. The van der Waals surface area contributed by atoms with Gasteiger partial charge in [-0.05, 0) is 37.1 Å². The van der Waals surface area contributed by atoms with Crippen LogP contribution in [0.1, 0.15) is 22.6 Å². The highest BCUT2D eigenvalue weighted by Gasteiger charge is 2.20. The number of hydrogen-bond donors (Lipinski definition) is 2. The van der Waals surface area contributed by atoms with Gasteiger partial charge in [0.25, 0.3) is 0 Å². The normalized spacial score (nSPS) is 11.8. The van der Waals surface area contributed by atoms with Crippen LogP contribution in [0, 0.1) is 13.8 Å². The van der Waals surface area contributed by atoms with Crippen LogP contribution in [0.4, 0.5) is 0 Å². The second-order valence-electron chi connectivity index (χ2n) is 4.61. The van der Waals surface area contributed by atoms with Crippen LogP contribution in [0.2, 0.25) is 5.02 Å². The summed E-state index contributed by atoms with van der Waals surface area (Å²) < 4.78 is 32.1. The monoisotopic (exact) mass is 330 g/mol. The maximum Gasteiger partial charge on any atom is 0.241 e. The molecule has 8 heteroatoms. The van der Waals surface area contributed by atoms with Crippen molar-refractivity contribution in [2.24, 2.45) is 0 Å². The van der Waals surface area contributed by atoms with E-state index < -0.39 is 10.0 Å². The topological polar surface area (TPSA) is 92.4 Å². The number of nitrogens with one attached hydrogen (secondary N) is 1. The molecule has 0 unspecified atom stereocenters. The van der Waals surface area contributed by atoms with Gasteiger partial charge in [-0.2, -0.15) is 0 Å². The molecule has 2 N–H and O–H groups in total. The summed E-state index contributed by atoms with van der Waals surface area (Å²) in [6.45, 7) is 3.07. The maximum absolute atomic E-state index is 12.3. The number of aromatic nitrogens is 1. The number of benzene rings is 1. The van der Waals surface area contributed by atoms with Gasteiger partial charge in [0, 0.05) is 11.1 Å². The van der Waals surface area contributed by atoms with Crippen LogP contribution < -0.4 is 4.72 Å². The summed E-state index contributed by atoms with van der Waals surface area (Å²) in [6, 6.07) is 4.53. The molecule has 2 aromatic rings. The zero-order chi connectivity index (χ0) is 15.6. The van der Waals surface area contributed by atoms with Gasteiger partial charge in [0.1, 0.15) is 0 Å². The van der Waals surface area contributed by atoms with Crippen molar-refractivity contribution in [3.8, 4) is 0 Å². The molecule has 6 nitrogen and oxygen atoms in total. The van der Waals surface area contributed by atoms with Crippen LogP contribution in [0.5, 0.6) is 0 Å². The van der Waals surface area contributed by atoms with E-state index in [0.29, 0.717) is 22.6 Å². The molecule has 21 heavy (non-hydrogen) atoms. The first kappa shape index (κ1) is 16.0. The Balaban J connectivity index is 2.29. The molecule has 2 rings (SSSR count). The van der Waals surface area contributed by atoms with Crippen LogP contribution in [-0.4, -0.2) is 18.7 Å². The summed E-state index contributed by atoms with van der Waals surface area (Å²) in [5.41, 5.74) is 1.60. The highest BCUT2D eigenvalue weighted by atomic mass is 35.5. The van der Waals surface area contributed by atoms with E-state index in [1.54, 1.807) is 19.9 Å². The van der Waals surface area contributed by atoms with Crippen molar-refractivity contribution >= 4 is 21.6 Å². The van der Waals surface area contributed by atoms with E-state index in [1.807, 2.05) is 0 Å². The molecule has 0 radical (unpaired) electrons. The highest BCUT2D eigenvalue weighted by Crippen LogP contribution is 2.24. The van der Waals surface area contributed by atoms with Gasteiger partial charge < -0.3 is 9.63 Å². The molecule has 1 aromatic heterocycles. The van der Waals surface area contributed by atoms with E-state index in [2.05, 4.69) is 9.88 Å². The molecule has 0 amide bonds. The van der Waals surface area contributed by atoms with Gasteiger partial charge in [0.15, 0.2) is 5.76 Å². The molecule has 114 valence electrons. The Morgan fingerprint density at radius 3 is 2.62 bits per heavy atom. The number of aliphatic hydroxyl groups is 1. The van der Waals surface area contributed by atoms with Gasteiger partial charge in [-0.1, -0.05) is 16.8 Å². The Bertz CT molecular complexity index is 756. The molecule has 0 saturated carbocycles.